The summed E-state index contributed by atoms with van der Waals surface area (Å²) < 4.78 is 1.90. The van der Waals surface area contributed by atoms with Crippen molar-refractivity contribution in [1.29, 1.82) is 0 Å². The van der Waals surface area contributed by atoms with Crippen molar-refractivity contribution in [1.82, 2.24) is 29.6 Å². The van der Waals surface area contributed by atoms with Gasteiger partial charge in [-0.1, -0.05) is 0 Å². The van der Waals surface area contributed by atoms with Gasteiger partial charge in [0.25, 0.3) is 0 Å². The van der Waals surface area contributed by atoms with Gasteiger partial charge in [-0.05, 0) is 14.0 Å². The van der Waals surface area contributed by atoms with Gasteiger partial charge < -0.3 is 15.1 Å². The molecule has 1 N–H and O–H groups in total. The summed E-state index contributed by atoms with van der Waals surface area (Å²) >= 11 is 1.62. The molecule has 0 atom stereocenters. The normalized spacial score (nSPS) is 15.8. The third kappa shape index (κ3) is 3.29. The molecule has 0 bridgehead atoms. The summed E-state index contributed by atoms with van der Waals surface area (Å²) in [5, 5.41) is 11.8. The molecule has 8 nitrogen and oxygen atoms in total. The number of fused-ring (bicyclic) bond motifs is 1. The largest absolute Gasteiger partial charge is 0.362 e. The van der Waals surface area contributed by atoms with Crippen LogP contribution >= 0.6 is 11.3 Å². The van der Waals surface area contributed by atoms with E-state index in [-0.39, 0.29) is 0 Å². The van der Waals surface area contributed by atoms with E-state index >= 15 is 0 Å². The Kier molecular flexibility index (Phi) is 4.50. The molecule has 9 heteroatoms. The molecule has 1 saturated heterocycles. The first-order chi connectivity index (χ1) is 12.2. The van der Waals surface area contributed by atoms with Crippen molar-refractivity contribution >= 4 is 33.3 Å². The Morgan fingerprint density at radius 3 is 2.84 bits per heavy atom. The van der Waals surface area contributed by atoms with Gasteiger partial charge in [0.2, 0.25) is 0 Å². The van der Waals surface area contributed by atoms with Crippen molar-refractivity contribution in [2.75, 3.05) is 50.0 Å². The van der Waals surface area contributed by atoms with E-state index in [1.807, 2.05) is 10.9 Å². The molecule has 0 radical (unpaired) electrons. The molecular weight excluding hydrogens is 336 g/mol. The van der Waals surface area contributed by atoms with Crippen LogP contribution in [0.4, 0.5) is 10.9 Å². The Hall–Kier alpha value is -2.26. The number of likely N-dealkylation sites (N-methyl/N-ethyl adjacent to an activating group) is 1. The molecule has 25 heavy (non-hydrogen) atoms. The first-order valence-electron chi connectivity index (χ1n) is 8.53. The lowest BCUT2D eigenvalue weighted by Crippen LogP contribution is -2.44. The summed E-state index contributed by atoms with van der Waals surface area (Å²) in [5.41, 5.74) is 1.85. The van der Waals surface area contributed by atoms with Crippen LogP contribution < -0.4 is 10.2 Å². The number of anilines is 2. The smallest absolute Gasteiger partial charge is 0.182 e. The standard InChI is InChI=1S/C16H22N8S/c1-3-17-16-21-12(10-25-16)9-24-15-13(8-20-24)14(18-11-19-15)23-6-4-22(2)5-7-23/h8,10-11H,3-7,9H2,1-2H3,(H,17,21). The third-order valence-corrected chi connectivity index (χ3v) is 5.26. The second kappa shape index (κ2) is 6.93. The second-order valence-corrected chi connectivity index (χ2v) is 7.06. The number of nitrogens with zero attached hydrogens (tertiary/aromatic N) is 7. The molecule has 132 valence electrons. The number of thiazole rings is 1. The molecule has 1 aliphatic heterocycles. The van der Waals surface area contributed by atoms with E-state index in [2.05, 4.69) is 54.5 Å². The Balaban J connectivity index is 1.60. The van der Waals surface area contributed by atoms with E-state index in [9.17, 15) is 0 Å². The minimum absolute atomic E-state index is 0.616. The molecule has 0 aliphatic carbocycles. The zero-order valence-corrected chi connectivity index (χ0v) is 15.3. The number of hydrogen-bond acceptors (Lipinski definition) is 8. The summed E-state index contributed by atoms with van der Waals surface area (Å²) in [6, 6.07) is 0. The Morgan fingerprint density at radius 2 is 2.04 bits per heavy atom. The van der Waals surface area contributed by atoms with Gasteiger partial charge in [0.05, 0.1) is 23.8 Å². The highest BCUT2D eigenvalue weighted by atomic mass is 32.1. The molecule has 1 aliphatic rings. The van der Waals surface area contributed by atoms with Crippen molar-refractivity contribution in [2.45, 2.75) is 13.5 Å². The SMILES string of the molecule is CCNc1nc(Cn2ncc3c(N4CCN(C)CC4)ncnc32)cs1. The highest BCUT2D eigenvalue weighted by Crippen LogP contribution is 2.24. The lowest BCUT2D eigenvalue weighted by atomic mass is 10.3. The third-order valence-electron chi connectivity index (χ3n) is 4.41. The molecular formula is C16H22N8S. The van der Waals surface area contributed by atoms with Gasteiger partial charge in [-0.3, -0.25) is 0 Å². The van der Waals surface area contributed by atoms with Crippen LogP contribution in [0, 0.1) is 0 Å². The Bertz CT molecular complexity index is 849. The fourth-order valence-corrected chi connectivity index (χ4v) is 3.80. The average molecular weight is 358 g/mol. The van der Waals surface area contributed by atoms with Gasteiger partial charge in [-0.2, -0.15) is 5.10 Å². The van der Waals surface area contributed by atoms with Crippen LogP contribution in [0.25, 0.3) is 11.0 Å². The summed E-state index contributed by atoms with van der Waals surface area (Å²) in [6.45, 7) is 7.61. The maximum atomic E-state index is 4.59. The zero-order chi connectivity index (χ0) is 17.2. The molecule has 3 aromatic heterocycles. The predicted molar refractivity (Wildman–Crippen MR) is 100 cm³/mol. The van der Waals surface area contributed by atoms with Crippen molar-refractivity contribution in [3.05, 3.63) is 23.6 Å². The molecule has 0 spiro atoms. The lowest BCUT2D eigenvalue weighted by molar-refractivity contribution is 0.312. The predicted octanol–water partition coefficient (Wildman–Crippen LogP) is 1.51. The van der Waals surface area contributed by atoms with Crippen LogP contribution in [0.3, 0.4) is 0 Å². The van der Waals surface area contributed by atoms with Crippen LogP contribution in [-0.4, -0.2) is 69.4 Å². The number of piperazine rings is 1. The van der Waals surface area contributed by atoms with E-state index in [1.165, 1.54) is 0 Å². The maximum Gasteiger partial charge on any atom is 0.182 e. The van der Waals surface area contributed by atoms with Crippen LogP contribution in [0.5, 0.6) is 0 Å². The van der Waals surface area contributed by atoms with E-state index < -0.39 is 0 Å². The fourth-order valence-electron chi connectivity index (χ4n) is 3.03. The van der Waals surface area contributed by atoms with Crippen LogP contribution in [0.15, 0.2) is 17.9 Å². The van der Waals surface area contributed by atoms with Crippen molar-refractivity contribution < 1.29 is 0 Å². The Labute approximate surface area is 150 Å². The number of hydrogen-bond donors (Lipinski definition) is 1. The zero-order valence-electron chi connectivity index (χ0n) is 14.5. The summed E-state index contributed by atoms with van der Waals surface area (Å²) in [6.07, 6.45) is 3.51. The van der Waals surface area contributed by atoms with Crippen LogP contribution in [-0.2, 0) is 6.54 Å². The first-order valence-corrected chi connectivity index (χ1v) is 9.41. The van der Waals surface area contributed by atoms with E-state index in [0.717, 1.165) is 60.4 Å². The summed E-state index contributed by atoms with van der Waals surface area (Å²) in [5.74, 6) is 0.982. The molecule has 4 rings (SSSR count). The minimum Gasteiger partial charge on any atom is -0.362 e. The van der Waals surface area contributed by atoms with E-state index in [0.29, 0.717) is 6.54 Å². The summed E-state index contributed by atoms with van der Waals surface area (Å²) in [7, 11) is 2.15. The number of aromatic nitrogens is 5. The highest BCUT2D eigenvalue weighted by Gasteiger charge is 2.19. The van der Waals surface area contributed by atoms with Gasteiger partial charge in [0.1, 0.15) is 12.1 Å². The molecule has 3 aromatic rings. The minimum atomic E-state index is 0.616. The van der Waals surface area contributed by atoms with Gasteiger partial charge in [0, 0.05) is 38.1 Å². The maximum absolute atomic E-state index is 4.59. The fraction of sp³-hybridized carbons (Fsp3) is 0.500. The van der Waals surface area contributed by atoms with Crippen LogP contribution in [0.1, 0.15) is 12.6 Å². The number of nitrogens with one attached hydrogen (secondary N) is 1. The monoisotopic (exact) mass is 358 g/mol. The molecule has 4 heterocycles. The first kappa shape index (κ1) is 16.2. The van der Waals surface area contributed by atoms with Gasteiger partial charge >= 0.3 is 0 Å². The van der Waals surface area contributed by atoms with Crippen LogP contribution in [0.2, 0.25) is 0 Å². The second-order valence-electron chi connectivity index (χ2n) is 6.20. The molecule has 0 aromatic carbocycles. The molecule has 0 amide bonds. The van der Waals surface area contributed by atoms with Gasteiger partial charge in [-0.15, -0.1) is 11.3 Å². The lowest BCUT2D eigenvalue weighted by Gasteiger charge is -2.33. The van der Waals surface area contributed by atoms with E-state index in [4.69, 9.17) is 0 Å². The molecule has 1 fully saturated rings. The van der Waals surface area contributed by atoms with Gasteiger partial charge in [-0.25, -0.2) is 19.6 Å². The molecule has 0 saturated carbocycles. The van der Waals surface area contributed by atoms with Gasteiger partial charge in [0.15, 0.2) is 10.8 Å². The van der Waals surface area contributed by atoms with Crippen molar-refractivity contribution in [3.8, 4) is 0 Å². The highest BCUT2D eigenvalue weighted by molar-refractivity contribution is 7.13. The van der Waals surface area contributed by atoms with E-state index in [1.54, 1.807) is 17.7 Å². The van der Waals surface area contributed by atoms with Crippen molar-refractivity contribution in [3.63, 3.8) is 0 Å². The molecule has 0 unspecified atom stereocenters. The number of rotatable bonds is 5. The Morgan fingerprint density at radius 1 is 1.20 bits per heavy atom. The topological polar surface area (TPSA) is 75.0 Å². The summed E-state index contributed by atoms with van der Waals surface area (Å²) in [4.78, 5) is 18.2. The average Bonchev–Trinajstić information content (AvgIpc) is 3.24. The van der Waals surface area contributed by atoms with Crippen molar-refractivity contribution in [2.24, 2.45) is 0 Å². The quantitative estimate of drug-likeness (QED) is 0.741.